The van der Waals surface area contributed by atoms with Crippen molar-refractivity contribution in [2.45, 2.75) is 45.3 Å². The first-order chi connectivity index (χ1) is 13.6. The molecule has 2 aromatic rings. The number of aliphatic hydroxyl groups excluding tert-OH is 1. The van der Waals surface area contributed by atoms with Gasteiger partial charge in [0.25, 0.3) is 0 Å². The molecule has 2 aromatic carbocycles. The number of ether oxygens (including phenoxy) is 4. The molecule has 2 aliphatic heterocycles. The Morgan fingerprint density at radius 2 is 1.83 bits per heavy atom. The molecule has 0 spiro atoms. The van der Waals surface area contributed by atoms with Crippen molar-refractivity contribution < 1.29 is 34.0 Å². The van der Waals surface area contributed by atoms with Gasteiger partial charge in [0.1, 0.15) is 28.4 Å². The Bertz CT molecular complexity index is 1040. The summed E-state index contributed by atoms with van der Waals surface area (Å²) in [7, 11) is 2.73. The molecule has 0 aromatic heterocycles. The monoisotopic (exact) mass is 400 g/mol. The van der Waals surface area contributed by atoms with E-state index in [0.717, 1.165) is 0 Å². The number of methoxy groups -OCH3 is 2. The lowest BCUT2D eigenvalue weighted by Gasteiger charge is -2.30. The van der Waals surface area contributed by atoms with E-state index in [1.807, 2.05) is 13.8 Å². The maximum Gasteiger partial charge on any atom is 0.341 e. The highest BCUT2D eigenvalue weighted by Gasteiger charge is 2.51. The van der Waals surface area contributed by atoms with Gasteiger partial charge in [-0.2, -0.15) is 0 Å². The molecule has 154 valence electrons. The Morgan fingerprint density at radius 1 is 1.14 bits per heavy atom. The molecule has 0 radical (unpaired) electrons. The summed E-state index contributed by atoms with van der Waals surface area (Å²) in [5.41, 5.74) is 1.60. The molecular weight excluding hydrogens is 376 g/mol. The van der Waals surface area contributed by atoms with Gasteiger partial charge in [0.2, 0.25) is 0 Å². The summed E-state index contributed by atoms with van der Waals surface area (Å²) in [5.74, 6) is 0.294. The number of benzene rings is 2. The number of hydrogen-bond acceptors (Lipinski definition) is 7. The lowest BCUT2D eigenvalue weighted by Crippen LogP contribution is -2.34. The first-order valence-corrected chi connectivity index (χ1v) is 9.33. The molecule has 0 fully saturated rings. The molecule has 2 heterocycles. The number of carbonyl (C=O) groups is 1. The molecule has 2 aliphatic rings. The second kappa shape index (κ2) is 6.29. The van der Waals surface area contributed by atoms with Gasteiger partial charge < -0.3 is 29.2 Å². The summed E-state index contributed by atoms with van der Waals surface area (Å²) in [4.78, 5) is 12.4. The van der Waals surface area contributed by atoms with Crippen LogP contribution in [0.5, 0.6) is 28.7 Å². The number of phenols is 1. The lowest BCUT2D eigenvalue weighted by atomic mass is 9.78. The Kier molecular flexibility index (Phi) is 4.20. The van der Waals surface area contributed by atoms with Crippen molar-refractivity contribution in [1.82, 2.24) is 0 Å². The van der Waals surface area contributed by atoms with Crippen LogP contribution in [0.4, 0.5) is 0 Å². The Morgan fingerprint density at radius 3 is 2.45 bits per heavy atom. The number of esters is 1. The Labute approximate surface area is 168 Å². The van der Waals surface area contributed by atoms with E-state index in [4.69, 9.17) is 18.9 Å². The molecular formula is C22H24O7. The number of rotatable bonds is 2. The fourth-order valence-corrected chi connectivity index (χ4v) is 4.49. The van der Waals surface area contributed by atoms with Crippen molar-refractivity contribution in [3.63, 3.8) is 0 Å². The summed E-state index contributed by atoms with van der Waals surface area (Å²) in [6.45, 7) is 7.23. The van der Waals surface area contributed by atoms with Crippen LogP contribution in [0.3, 0.4) is 0 Å². The molecule has 0 aliphatic carbocycles. The zero-order chi connectivity index (χ0) is 21.2. The van der Waals surface area contributed by atoms with Crippen LogP contribution in [0, 0.1) is 13.8 Å². The summed E-state index contributed by atoms with van der Waals surface area (Å²) >= 11 is 0. The zero-order valence-electron chi connectivity index (χ0n) is 17.2. The van der Waals surface area contributed by atoms with E-state index in [1.54, 1.807) is 26.0 Å². The van der Waals surface area contributed by atoms with Crippen molar-refractivity contribution >= 4 is 5.97 Å². The largest absolute Gasteiger partial charge is 0.504 e. The minimum atomic E-state index is -1.04. The fourth-order valence-electron chi connectivity index (χ4n) is 4.49. The fraction of sp³-hybridized carbons (Fsp3) is 0.409. The average Bonchev–Trinajstić information content (AvgIpc) is 2.84. The van der Waals surface area contributed by atoms with Crippen LogP contribution in [0.1, 0.15) is 58.5 Å². The smallest absolute Gasteiger partial charge is 0.341 e. The van der Waals surface area contributed by atoms with Crippen molar-refractivity contribution in [2.24, 2.45) is 0 Å². The van der Waals surface area contributed by atoms with E-state index in [1.165, 1.54) is 14.2 Å². The third-order valence-corrected chi connectivity index (χ3v) is 5.87. The van der Waals surface area contributed by atoms with Crippen LogP contribution in [-0.2, 0) is 4.74 Å². The molecule has 7 heteroatoms. The van der Waals surface area contributed by atoms with Gasteiger partial charge >= 0.3 is 5.97 Å². The number of aliphatic hydroxyl groups is 1. The first kappa shape index (κ1) is 19.4. The van der Waals surface area contributed by atoms with Crippen LogP contribution >= 0.6 is 0 Å². The van der Waals surface area contributed by atoms with Crippen LogP contribution in [0.15, 0.2) is 12.1 Å². The Balaban J connectivity index is 2.06. The van der Waals surface area contributed by atoms with Gasteiger partial charge in [-0.1, -0.05) is 0 Å². The van der Waals surface area contributed by atoms with Crippen molar-refractivity contribution in [3.8, 4) is 28.7 Å². The van der Waals surface area contributed by atoms with E-state index in [9.17, 15) is 15.0 Å². The normalized spacial score (nSPS) is 20.7. The summed E-state index contributed by atoms with van der Waals surface area (Å²) in [6.07, 6.45) is -1.04. The standard InChI is InChI=1S/C22H24O7/c1-9-7-13-16-17(22(3,4)29-13)19(24)14-10(2)15(21(25)27-6)11(26-5)8-12(14)28-20(16)18(9)23/h7-8,17,19,23-24H,1-6H3/t17-,19+/m1/s1. The number of fused-ring (bicyclic) bond motifs is 1. The molecule has 0 bridgehead atoms. The highest BCUT2D eigenvalue weighted by molar-refractivity contribution is 5.95. The zero-order valence-corrected chi connectivity index (χ0v) is 17.2. The van der Waals surface area contributed by atoms with Gasteiger partial charge in [-0.3, -0.25) is 0 Å². The summed E-state index contributed by atoms with van der Waals surface area (Å²) < 4.78 is 22.6. The molecule has 0 unspecified atom stereocenters. The highest BCUT2D eigenvalue weighted by Crippen LogP contribution is 2.61. The van der Waals surface area contributed by atoms with Gasteiger partial charge in [0.15, 0.2) is 11.5 Å². The lowest BCUT2D eigenvalue weighted by molar-refractivity contribution is 0.0357. The summed E-state index contributed by atoms with van der Waals surface area (Å²) in [6, 6.07) is 3.29. The van der Waals surface area contributed by atoms with Crippen LogP contribution in [0.25, 0.3) is 0 Å². The molecule has 4 rings (SSSR count). The molecule has 7 nitrogen and oxygen atoms in total. The maximum atomic E-state index is 12.4. The Hall–Kier alpha value is -2.93. The van der Waals surface area contributed by atoms with E-state index < -0.39 is 23.6 Å². The third-order valence-electron chi connectivity index (χ3n) is 5.87. The van der Waals surface area contributed by atoms with E-state index >= 15 is 0 Å². The molecule has 2 N–H and O–H groups in total. The maximum absolute atomic E-state index is 12.4. The number of aryl methyl sites for hydroxylation is 1. The van der Waals surface area contributed by atoms with Crippen LogP contribution in [-0.4, -0.2) is 36.0 Å². The first-order valence-electron chi connectivity index (χ1n) is 9.33. The third kappa shape index (κ3) is 2.57. The van der Waals surface area contributed by atoms with Crippen molar-refractivity contribution in [3.05, 3.63) is 39.9 Å². The topological polar surface area (TPSA) is 94.5 Å². The van der Waals surface area contributed by atoms with Gasteiger partial charge in [0.05, 0.1) is 31.8 Å². The number of phenolic OH excluding ortho intramolecular Hbond substituents is 1. The van der Waals surface area contributed by atoms with Gasteiger partial charge in [-0.05, 0) is 44.9 Å². The van der Waals surface area contributed by atoms with Gasteiger partial charge in [0, 0.05) is 11.6 Å². The van der Waals surface area contributed by atoms with Crippen molar-refractivity contribution in [2.75, 3.05) is 14.2 Å². The molecule has 0 saturated heterocycles. The summed E-state index contributed by atoms with van der Waals surface area (Å²) in [5, 5.41) is 22.2. The SMILES string of the molecule is COC(=O)c1c(OC)cc2c(c1C)[C@H](O)[C@H]1c3c(cc(C)c(O)c3O2)OC1(C)C. The highest BCUT2D eigenvalue weighted by atomic mass is 16.5. The molecule has 29 heavy (non-hydrogen) atoms. The van der Waals surface area contributed by atoms with E-state index in [2.05, 4.69) is 0 Å². The molecule has 0 saturated carbocycles. The molecule has 2 atom stereocenters. The number of hydrogen-bond donors (Lipinski definition) is 2. The minimum Gasteiger partial charge on any atom is -0.504 e. The van der Waals surface area contributed by atoms with E-state index in [-0.39, 0.29) is 22.8 Å². The number of aromatic hydroxyl groups is 1. The second-order valence-corrected chi connectivity index (χ2v) is 8.00. The van der Waals surface area contributed by atoms with E-state index in [0.29, 0.717) is 33.8 Å². The van der Waals surface area contributed by atoms with Crippen LogP contribution < -0.4 is 14.2 Å². The average molecular weight is 400 g/mol. The van der Waals surface area contributed by atoms with Crippen LogP contribution in [0.2, 0.25) is 0 Å². The second-order valence-electron chi connectivity index (χ2n) is 8.00. The van der Waals surface area contributed by atoms with Crippen molar-refractivity contribution in [1.29, 1.82) is 0 Å². The molecule has 0 amide bonds. The van der Waals surface area contributed by atoms with Gasteiger partial charge in [-0.15, -0.1) is 0 Å². The minimum absolute atomic E-state index is 0.0104. The predicted molar refractivity (Wildman–Crippen MR) is 104 cm³/mol. The predicted octanol–water partition coefficient (Wildman–Crippen LogP) is 3.90. The van der Waals surface area contributed by atoms with Gasteiger partial charge in [-0.25, -0.2) is 4.79 Å². The number of carbonyl (C=O) groups excluding carboxylic acids is 1. The quantitative estimate of drug-likeness (QED) is 0.739.